The molecule has 0 aliphatic carbocycles. The van der Waals surface area contributed by atoms with Crippen LogP contribution in [0.4, 0.5) is 5.69 Å². The number of hydrazine groups is 1. The summed E-state index contributed by atoms with van der Waals surface area (Å²) < 4.78 is 4.92. The highest BCUT2D eigenvalue weighted by atomic mass is 16.5. The van der Waals surface area contributed by atoms with E-state index < -0.39 is 0 Å². The van der Waals surface area contributed by atoms with Gasteiger partial charge in [0.2, 0.25) is 5.91 Å². The highest BCUT2D eigenvalue weighted by molar-refractivity contribution is 5.80. The summed E-state index contributed by atoms with van der Waals surface area (Å²) >= 11 is 0. The molecule has 34 heavy (non-hydrogen) atoms. The van der Waals surface area contributed by atoms with E-state index in [1.165, 1.54) is 16.9 Å². The number of piperazine rings is 1. The summed E-state index contributed by atoms with van der Waals surface area (Å²) in [5.41, 5.74) is 5.05. The summed E-state index contributed by atoms with van der Waals surface area (Å²) in [4.78, 5) is 27.8. The molecule has 4 N–H and O–H groups in total. The zero-order valence-corrected chi connectivity index (χ0v) is 19.9. The summed E-state index contributed by atoms with van der Waals surface area (Å²) in [5, 5.41) is 4.72. The molecule has 9 heteroatoms. The van der Waals surface area contributed by atoms with E-state index in [4.69, 9.17) is 16.4 Å². The van der Waals surface area contributed by atoms with Crippen molar-refractivity contribution in [3.05, 3.63) is 64.7 Å². The maximum Gasteiger partial charge on any atom is 0.293 e. The van der Waals surface area contributed by atoms with Gasteiger partial charge in [-0.1, -0.05) is 30.3 Å². The number of amides is 1. The third kappa shape index (κ3) is 6.79. The van der Waals surface area contributed by atoms with Crippen LogP contribution in [0.3, 0.4) is 0 Å². The molecule has 0 bridgehead atoms. The molecular formula is C25H34N6O3. The lowest BCUT2D eigenvalue weighted by atomic mass is 10.0. The van der Waals surface area contributed by atoms with Gasteiger partial charge >= 0.3 is 0 Å². The Hall–Kier alpha value is -3.43. The molecular weight excluding hydrogens is 432 g/mol. The molecule has 1 aliphatic heterocycles. The van der Waals surface area contributed by atoms with Crippen LogP contribution >= 0.6 is 0 Å². The Morgan fingerprint density at radius 1 is 1.21 bits per heavy atom. The lowest BCUT2D eigenvalue weighted by molar-refractivity contribution is -0.133. The van der Waals surface area contributed by atoms with Crippen molar-refractivity contribution >= 4 is 24.4 Å². The van der Waals surface area contributed by atoms with Gasteiger partial charge in [-0.3, -0.25) is 19.5 Å². The Labute approximate surface area is 200 Å². The summed E-state index contributed by atoms with van der Waals surface area (Å²) in [6, 6.07) is 14.1. The molecule has 1 atom stereocenters. The van der Waals surface area contributed by atoms with Crippen molar-refractivity contribution in [2.75, 3.05) is 31.2 Å². The molecule has 182 valence electrons. The molecule has 1 amide bonds. The van der Waals surface area contributed by atoms with Crippen molar-refractivity contribution in [1.82, 2.24) is 9.80 Å². The van der Waals surface area contributed by atoms with E-state index in [0.29, 0.717) is 26.0 Å². The number of benzene rings is 2. The molecule has 0 radical (unpaired) electrons. The molecule has 1 fully saturated rings. The quantitative estimate of drug-likeness (QED) is 0.179. The lowest BCUT2D eigenvalue weighted by Gasteiger charge is -2.40. The second-order valence-electron chi connectivity index (χ2n) is 8.66. The highest BCUT2D eigenvalue weighted by Gasteiger charge is 2.26. The van der Waals surface area contributed by atoms with Crippen LogP contribution in [0.2, 0.25) is 0 Å². The smallest absolute Gasteiger partial charge is 0.293 e. The topological polar surface area (TPSA) is 117 Å². The molecule has 2 aromatic carbocycles. The summed E-state index contributed by atoms with van der Waals surface area (Å²) in [5.74, 6) is 11.1. The van der Waals surface area contributed by atoms with E-state index in [1.54, 1.807) is 0 Å². The fourth-order valence-electron chi connectivity index (χ4n) is 4.20. The van der Waals surface area contributed by atoms with Crippen LogP contribution in [0.25, 0.3) is 0 Å². The summed E-state index contributed by atoms with van der Waals surface area (Å²) in [6.07, 6.45) is 2.59. The van der Waals surface area contributed by atoms with Gasteiger partial charge in [-0.25, -0.2) is 5.84 Å². The largest absolute Gasteiger partial charge is 0.463 e. The van der Waals surface area contributed by atoms with E-state index in [1.807, 2.05) is 36.1 Å². The number of rotatable bonds is 10. The van der Waals surface area contributed by atoms with Crippen LogP contribution in [0.1, 0.15) is 29.2 Å². The number of nitrogens with two attached hydrogens (primary N) is 2. The number of ether oxygens (including phenoxy) is 1. The minimum Gasteiger partial charge on any atom is -0.463 e. The average molecular weight is 467 g/mol. The summed E-state index contributed by atoms with van der Waals surface area (Å²) in [6.45, 7) is 8.17. The zero-order valence-electron chi connectivity index (χ0n) is 19.9. The zero-order chi connectivity index (χ0) is 24.5. The Kier molecular flexibility index (Phi) is 9.00. The van der Waals surface area contributed by atoms with E-state index in [2.05, 4.69) is 35.1 Å². The average Bonchev–Trinajstić information content (AvgIpc) is 2.83. The Balaban J connectivity index is 1.49. The second-order valence-corrected chi connectivity index (χ2v) is 8.66. The Morgan fingerprint density at radius 2 is 1.94 bits per heavy atom. The Bertz CT molecular complexity index is 995. The van der Waals surface area contributed by atoms with Gasteiger partial charge in [-0.2, -0.15) is 5.10 Å². The van der Waals surface area contributed by atoms with Gasteiger partial charge in [0.25, 0.3) is 6.47 Å². The molecule has 0 aromatic heterocycles. The molecule has 3 rings (SSSR count). The van der Waals surface area contributed by atoms with Crippen LogP contribution in [0, 0.1) is 6.92 Å². The van der Waals surface area contributed by atoms with Gasteiger partial charge in [0.05, 0.1) is 12.1 Å². The van der Waals surface area contributed by atoms with Gasteiger partial charge in [0, 0.05) is 32.2 Å². The lowest BCUT2D eigenvalue weighted by Crippen LogP contribution is -2.54. The van der Waals surface area contributed by atoms with Gasteiger partial charge in [0.15, 0.2) is 0 Å². The normalized spacial score (nSPS) is 16.6. The molecule has 0 spiro atoms. The molecule has 1 aliphatic rings. The van der Waals surface area contributed by atoms with E-state index in [0.717, 1.165) is 48.4 Å². The first-order valence-electron chi connectivity index (χ1n) is 11.4. The molecule has 0 saturated carbocycles. The van der Waals surface area contributed by atoms with E-state index in [9.17, 15) is 9.59 Å². The van der Waals surface area contributed by atoms with Crippen LogP contribution in [0.5, 0.6) is 0 Å². The number of nitrogens with zero attached hydrogens (tertiary/aromatic N) is 4. The number of hydrogen-bond donors (Lipinski definition) is 2. The highest BCUT2D eigenvalue weighted by Crippen LogP contribution is 2.17. The molecule has 9 nitrogen and oxygen atoms in total. The van der Waals surface area contributed by atoms with Crippen molar-refractivity contribution in [3.63, 3.8) is 0 Å². The number of aryl methyl sites for hydroxylation is 1. The van der Waals surface area contributed by atoms with Gasteiger partial charge in [-0.15, -0.1) is 0 Å². The fourth-order valence-corrected chi connectivity index (χ4v) is 4.20. The van der Waals surface area contributed by atoms with Crippen LogP contribution in [-0.2, 0) is 33.8 Å². The number of carbonyl (C=O) groups is 2. The van der Waals surface area contributed by atoms with Gasteiger partial charge < -0.3 is 15.5 Å². The first-order chi connectivity index (χ1) is 16.4. The van der Waals surface area contributed by atoms with Crippen LogP contribution in [0.15, 0.2) is 47.6 Å². The predicted molar refractivity (Wildman–Crippen MR) is 133 cm³/mol. The van der Waals surface area contributed by atoms with Crippen LogP contribution in [-0.4, -0.2) is 60.7 Å². The predicted octanol–water partition coefficient (Wildman–Crippen LogP) is 1.57. The number of hydrogen-bond acceptors (Lipinski definition) is 7. The van der Waals surface area contributed by atoms with Crippen molar-refractivity contribution in [3.8, 4) is 0 Å². The minimum atomic E-state index is 0.130. The third-order valence-electron chi connectivity index (χ3n) is 6.31. The maximum atomic E-state index is 12.9. The number of anilines is 1. The maximum absolute atomic E-state index is 12.9. The Morgan fingerprint density at radius 3 is 2.62 bits per heavy atom. The SMILES string of the molecule is Cc1ccc(CCN2CCN(C(=O)Cc3ccc(N(N)/C=N\N)cc3)CC2C)cc1COC=O. The van der Waals surface area contributed by atoms with Crippen molar-refractivity contribution in [1.29, 1.82) is 0 Å². The van der Waals surface area contributed by atoms with Gasteiger partial charge in [-0.05, 0) is 54.7 Å². The molecule has 1 unspecified atom stereocenters. The van der Waals surface area contributed by atoms with Crippen molar-refractivity contribution in [2.24, 2.45) is 16.8 Å². The number of carbonyl (C=O) groups excluding carboxylic acids is 2. The fraction of sp³-hybridized carbons (Fsp3) is 0.400. The van der Waals surface area contributed by atoms with Crippen molar-refractivity contribution < 1.29 is 14.3 Å². The summed E-state index contributed by atoms with van der Waals surface area (Å²) in [7, 11) is 0. The third-order valence-corrected chi connectivity index (χ3v) is 6.31. The molecule has 1 heterocycles. The monoisotopic (exact) mass is 466 g/mol. The number of hydrazone groups is 1. The first kappa shape index (κ1) is 25.2. The second kappa shape index (κ2) is 12.2. The standard InChI is InChI=1S/C25H34N6O3/c1-19-3-4-22(13-23(19)16-34-18-32)9-10-29-11-12-30(15-20(29)2)25(33)14-21-5-7-24(8-6-21)31(27)17-28-26/h3-8,13,17-18,20H,9-12,14-16,26-27H2,1-2H3/b28-17-. The first-order valence-corrected chi connectivity index (χ1v) is 11.4. The van der Waals surface area contributed by atoms with E-state index >= 15 is 0 Å². The molecule has 2 aromatic rings. The van der Waals surface area contributed by atoms with E-state index in [-0.39, 0.29) is 11.9 Å². The molecule has 1 saturated heterocycles. The minimum absolute atomic E-state index is 0.130. The van der Waals surface area contributed by atoms with Crippen molar-refractivity contribution in [2.45, 2.75) is 39.3 Å². The van der Waals surface area contributed by atoms with Crippen LogP contribution < -0.4 is 16.7 Å². The van der Waals surface area contributed by atoms with Gasteiger partial charge in [0.1, 0.15) is 12.9 Å².